The summed E-state index contributed by atoms with van der Waals surface area (Å²) in [6, 6.07) is 57.1. The van der Waals surface area contributed by atoms with Crippen LogP contribution in [-0.4, -0.2) is 12.2 Å². The molecular weight excluding hydrogens is 598 g/mol. The molecule has 0 heterocycles. The molecule has 0 N–H and O–H groups in total. The zero-order valence-corrected chi connectivity index (χ0v) is 28.7. The lowest BCUT2D eigenvalue weighted by Gasteiger charge is -2.32. The highest BCUT2D eigenvalue weighted by Crippen LogP contribution is 2.45. The maximum atomic E-state index is 6.79. The Morgan fingerprint density at radius 1 is 0.391 bits per heavy atom. The fourth-order valence-electron chi connectivity index (χ4n) is 5.69. The van der Waals surface area contributed by atoms with Gasteiger partial charge in [-0.2, -0.15) is 0 Å². The predicted molar refractivity (Wildman–Crippen MR) is 201 cm³/mol. The third-order valence-electron chi connectivity index (χ3n) is 7.52. The molecule has 0 aliphatic rings. The second-order valence-corrected chi connectivity index (χ2v) is 16.0. The Balaban J connectivity index is 1.74. The number of ether oxygens (including phenoxy) is 2. The van der Waals surface area contributed by atoms with E-state index in [9.17, 15) is 0 Å². The van der Waals surface area contributed by atoms with Crippen molar-refractivity contribution in [2.75, 3.05) is 0 Å². The van der Waals surface area contributed by atoms with Gasteiger partial charge in [0.25, 0.3) is 0 Å². The van der Waals surface area contributed by atoms with Gasteiger partial charge in [-0.05, 0) is 100 Å². The molecule has 6 aromatic rings. The molecule has 0 radical (unpaired) electrons. The van der Waals surface area contributed by atoms with E-state index in [1.807, 2.05) is 0 Å². The molecule has 2 nitrogen and oxygen atoms in total. The molecule has 0 spiro atoms. The van der Waals surface area contributed by atoms with Crippen LogP contribution >= 0.6 is 15.8 Å². The standard InChI is InChI=1S/C42H40O2P2/c1-31(2)43-34-27-25-33(26-28-34)39-29-30-40(44-32(3)4)42(46(37-21-13-7-14-22-37)38-23-15-8-16-24-38)41(39)45(35-17-9-5-10-18-35)36-19-11-6-12-20-36/h5-32H,1-4H3. The summed E-state index contributed by atoms with van der Waals surface area (Å²) in [7, 11) is -1.97. The van der Waals surface area contributed by atoms with E-state index >= 15 is 0 Å². The van der Waals surface area contributed by atoms with E-state index in [2.05, 4.69) is 185 Å². The minimum atomic E-state index is -0.989. The lowest BCUT2D eigenvalue weighted by atomic mass is 10.1. The van der Waals surface area contributed by atoms with E-state index in [1.54, 1.807) is 0 Å². The Morgan fingerprint density at radius 3 is 1.17 bits per heavy atom. The van der Waals surface area contributed by atoms with Crippen molar-refractivity contribution in [2.24, 2.45) is 0 Å². The average Bonchev–Trinajstić information content (AvgIpc) is 3.08. The van der Waals surface area contributed by atoms with Gasteiger partial charge < -0.3 is 9.47 Å². The molecule has 6 aromatic carbocycles. The van der Waals surface area contributed by atoms with Gasteiger partial charge >= 0.3 is 0 Å². The number of benzene rings is 6. The molecule has 4 heteroatoms. The fourth-order valence-corrected chi connectivity index (χ4v) is 11.3. The minimum absolute atomic E-state index is 0.0213. The summed E-state index contributed by atoms with van der Waals surface area (Å²) in [4.78, 5) is 0. The normalized spacial score (nSPS) is 11.4. The molecule has 46 heavy (non-hydrogen) atoms. The molecule has 230 valence electrons. The second-order valence-electron chi connectivity index (χ2n) is 11.7. The van der Waals surface area contributed by atoms with Gasteiger partial charge in [-0.1, -0.05) is 133 Å². The molecule has 0 aliphatic heterocycles. The molecule has 0 unspecified atom stereocenters. The topological polar surface area (TPSA) is 18.5 Å². The van der Waals surface area contributed by atoms with Crippen LogP contribution in [0.15, 0.2) is 158 Å². The molecule has 0 aromatic heterocycles. The van der Waals surface area contributed by atoms with Crippen molar-refractivity contribution >= 4 is 47.7 Å². The van der Waals surface area contributed by atoms with Crippen LogP contribution in [0.4, 0.5) is 0 Å². The highest BCUT2D eigenvalue weighted by Gasteiger charge is 2.32. The lowest BCUT2D eigenvalue weighted by molar-refractivity contribution is 0.242. The summed E-state index contributed by atoms with van der Waals surface area (Å²) in [5.74, 6) is 1.83. The minimum Gasteiger partial charge on any atom is -0.491 e. The molecule has 0 amide bonds. The van der Waals surface area contributed by atoms with E-state index in [4.69, 9.17) is 9.47 Å². The third kappa shape index (κ3) is 7.26. The first-order valence-electron chi connectivity index (χ1n) is 15.9. The second kappa shape index (κ2) is 14.9. The molecule has 0 saturated carbocycles. The Labute approximate surface area is 276 Å². The van der Waals surface area contributed by atoms with Crippen molar-refractivity contribution in [3.05, 3.63) is 158 Å². The maximum absolute atomic E-state index is 6.79. The van der Waals surface area contributed by atoms with E-state index in [0.717, 1.165) is 11.5 Å². The molecular formula is C42H40O2P2. The zero-order chi connectivity index (χ0) is 31.9. The van der Waals surface area contributed by atoms with Crippen molar-refractivity contribution in [3.63, 3.8) is 0 Å². The van der Waals surface area contributed by atoms with Gasteiger partial charge in [0.15, 0.2) is 0 Å². The van der Waals surface area contributed by atoms with E-state index in [0.29, 0.717) is 0 Å². The monoisotopic (exact) mass is 638 g/mol. The average molecular weight is 639 g/mol. The van der Waals surface area contributed by atoms with Gasteiger partial charge in [0.1, 0.15) is 11.5 Å². The smallest absolute Gasteiger partial charge is 0.128 e. The summed E-state index contributed by atoms with van der Waals surface area (Å²) in [5, 5.41) is 7.83. The van der Waals surface area contributed by atoms with Crippen molar-refractivity contribution < 1.29 is 9.47 Å². The van der Waals surface area contributed by atoms with Crippen molar-refractivity contribution in [3.8, 4) is 22.6 Å². The quantitative estimate of drug-likeness (QED) is 0.133. The molecule has 0 bridgehead atoms. The van der Waals surface area contributed by atoms with Crippen LogP contribution in [0, 0.1) is 0 Å². The van der Waals surface area contributed by atoms with Crippen LogP contribution in [0.25, 0.3) is 11.1 Å². The highest BCUT2D eigenvalue weighted by atomic mass is 31.1. The van der Waals surface area contributed by atoms with Gasteiger partial charge in [-0.15, -0.1) is 0 Å². The molecule has 0 fully saturated rings. The van der Waals surface area contributed by atoms with E-state index in [-0.39, 0.29) is 12.2 Å². The first kappa shape index (κ1) is 31.7. The first-order valence-corrected chi connectivity index (χ1v) is 18.6. The summed E-state index contributed by atoms with van der Waals surface area (Å²) in [5.41, 5.74) is 2.39. The maximum Gasteiger partial charge on any atom is 0.128 e. The molecule has 0 saturated heterocycles. The lowest BCUT2D eigenvalue weighted by Crippen LogP contribution is -2.37. The van der Waals surface area contributed by atoms with E-state index in [1.165, 1.54) is 43.0 Å². The Bertz CT molecular complexity index is 1740. The number of hydrogen-bond donors (Lipinski definition) is 0. The fraction of sp³-hybridized carbons (Fsp3) is 0.143. The molecule has 6 rings (SSSR count). The Morgan fingerprint density at radius 2 is 0.783 bits per heavy atom. The van der Waals surface area contributed by atoms with Gasteiger partial charge in [0.2, 0.25) is 0 Å². The molecule has 0 aliphatic carbocycles. The van der Waals surface area contributed by atoms with Crippen LogP contribution in [0.2, 0.25) is 0 Å². The van der Waals surface area contributed by atoms with Gasteiger partial charge in [-0.3, -0.25) is 0 Å². The third-order valence-corrected chi connectivity index (χ3v) is 12.8. The SMILES string of the molecule is CC(C)Oc1ccc(-c2ccc(OC(C)C)c(P(c3ccccc3)c3ccccc3)c2P(c2ccccc2)c2ccccc2)cc1. The summed E-state index contributed by atoms with van der Waals surface area (Å²) < 4.78 is 12.8. The van der Waals surface area contributed by atoms with Gasteiger partial charge in [0.05, 0.1) is 12.2 Å². The number of hydrogen-bond acceptors (Lipinski definition) is 2. The van der Waals surface area contributed by atoms with Crippen LogP contribution < -0.4 is 41.3 Å². The van der Waals surface area contributed by atoms with E-state index < -0.39 is 15.8 Å². The van der Waals surface area contributed by atoms with Crippen LogP contribution in [0.5, 0.6) is 11.5 Å². The highest BCUT2D eigenvalue weighted by molar-refractivity contribution is 7.85. The Hall–Kier alpha value is -4.22. The predicted octanol–water partition coefficient (Wildman–Crippen LogP) is 8.44. The first-order chi connectivity index (χ1) is 22.5. The van der Waals surface area contributed by atoms with Crippen LogP contribution in [-0.2, 0) is 0 Å². The number of rotatable bonds is 11. The Kier molecular flexibility index (Phi) is 10.3. The van der Waals surface area contributed by atoms with Crippen LogP contribution in [0.3, 0.4) is 0 Å². The summed E-state index contributed by atoms with van der Waals surface area (Å²) in [6.07, 6.45) is 0.137. The van der Waals surface area contributed by atoms with Gasteiger partial charge in [0, 0.05) is 10.6 Å². The largest absolute Gasteiger partial charge is 0.491 e. The zero-order valence-electron chi connectivity index (χ0n) is 26.9. The molecule has 0 atom stereocenters. The van der Waals surface area contributed by atoms with Gasteiger partial charge in [-0.25, -0.2) is 0 Å². The summed E-state index contributed by atoms with van der Waals surface area (Å²) in [6.45, 7) is 8.37. The van der Waals surface area contributed by atoms with Crippen LogP contribution in [0.1, 0.15) is 27.7 Å². The van der Waals surface area contributed by atoms with Crippen molar-refractivity contribution in [2.45, 2.75) is 39.9 Å². The summed E-state index contributed by atoms with van der Waals surface area (Å²) >= 11 is 0. The van der Waals surface area contributed by atoms with Crippen molar-refractivity contribution in [1.29, 1.82) is 0 Å². The van der Waals surface area contributed by atoms with Crippen molar-refractivity contribution in [1.82, 2.24) is 0 Å².